The van der Waals surface area contributed by atoms with Crippen molar-refractivity contribution in [3.8, 4) is 0 Å². The van der Waals surface area contributed by atoms with Gasteiger partial charge in [-0.25, -0.2) is 0 Å². The Hall–Kier alpha value is -0.943. The van der Waals surface area contributed by atoms with Crippen LogP contribution in [0.3, 0.4) is 0 Å². The highest BCUT2D eigenvalue weighted by Gasteiger charge is 2.55. The molecule has 2 atom stereocenters. The van der Waals surface area contributed by atoms with E-state index in [2.05, 4.69) is 20.8 Å². The van der Waals surface area contributed by atoms with Crippen molar-refractivity contribution in [3.63, 3.8) is 0 Å². The van der Waals surface area contributed by atoms with Gasteiger partial charge in [-0.05, 0) is 30.6 Å². The second kappa shape index (κ2) is 5.82. The highest BCUT2D eigenvalue weighted by atomic mass is 28.4. The lowest BCUT2D eigenvalue weighted by atomic mass is 9.83. The molecule has 0 unspecified atom stereocenters. The quantitative estimate of drug-likeness (QED) is 0.578. The SMILES string of the molecule is CC[Si](CC)(CC)O[C@@H]1CC=CC(=O)[C@]12CCC(=O)O2. The summed E-state index contributed by atoms with van der Waals surface area (Å²) >= 11 is 0. The average molecular weight is 296 g/mol. The second-order valence-electron chi connectivity index (χ2n) is 5.72. The maximum Gasteiger partial charge on any atom is 0.307 e. The molecule has 0 saturated carbocycles. The van der Waals surface area contributed by atoms with Crippen LogP contribution in [0.25, 0.3) is 0 Å². The summed E-state index contributed by atoms with van der Waals surface area (Å²) in [5, 5.41) is 0. The summed E-state index contributed by atoms with van der Waals surface area (Å²) in [7, 11) is -1.83. The largest absolute Gasteiger partial charge is 0.448 e. The molecular weight excluding hydrogens is 272 g/mol. The fourth-order valence-electron chi connectivity index (χ4n) is 3.23. The molecule has 5 heteroatoms. The molecule has 0 bridgehead atoms. The maximum atomic E-state index is 12.3. The van der Waals surface area contributed by atoms with Crippen molar-refractivity contribution in [3.05, 3.63) is 12.2 Å². The number of hydrogen-bond acceptors (Lipinski definition) is 4. The molecule has 4 nitrogen and oxygen atoms in total. The zero-order valence-corrected chi connectivity index (χ0v) is 13.6. The minimum atomic E-state index is -1.83. The molecule has 2 aliphatic rings. The van der Waals surface area contributed by atoms with Gasteiger partial charge in [0.1, 0.15) is 0 Å². The maximum absolute atomic E-state index is 12.3. The molecule has 2 rings (SSSR count). The molecule has 20 heavy (non-hydrogen) atoms. The number of rotatable bonds is 5. The summed E-state index contributed by atoms with van der Waals surface area (Å²) in [6, 6.07) is 3.08. The van der Waals surface area contributed by atoms with E-state index >= 15 is 0 Å². The molecule has 1 aliphatic carbocycles. The van der Waals surface area contributed by atoms with Crippen LogP contribution in [0.1, 0.15) is 40.0 Å². The highest BCUT2D eigenvalue weighted by Crippen LogP contribution is 2.40. The number of ketones is 1. The summed E-state index contributed by atoms with van der Waals surface area (Å²) < 4.78 is 11.9. The van der Waals surface area contributed by atoms with Crippen molar-refractivity contribution in [1.29, 1.82) is 0 Å². The predicted octanol–water partition coefficient (Wildman–Crippen LogP) is 2.98. The average Bonchev–Trinajstić information content (AvgIpc) is 2.85. The van der Waals surface area contributed by atoms with Crippen LogP contribution >= 0.6 is 0 Å². The van der Waals surface area contributed by atoms with Gasteiger partial charge in [-0.1, -0.05) is 26.8 Å². The molecule has 0 aromatic carbocycles. The normalized spacial score (nSPS) is 30.1. The fourth-order valence-corrected chi connectivity index (χ4v) is 6.12. The molecule has 0 radical (unpaired) electrons. The Morgan fingerprint density at radius 2 is 1.95 bits per heavy atom. The van der Waals surface area contributed by atoms with E-state index in [1.165, 1.54) is 0 Å². The first-order valence-electron chi connectivity index (χ1n) is 7.62. The number of hydrogen-bond donors (Lipinski definition) is 0. The van der Waals surface area contributed by atoms with Crippen LogP contribution in [-0.2, 0) is 18.8 Å². The van der Waals surface area contributed by atoms with E-state index in [9.17, 15) is 9.59 Å². The summed E-state index contributed by atoms with van der Waals surface area (Å²) in [5.41, 5.74) is -1.04. The van der Waals surface area contributed by atoms with Crippen molar-refractivity contribution in [2.75, 3.05) is 0 Å². The molecule has 1 aliphatic heterocycles. The van der Waals surface area contributed by atoms with Gasteiger partial charge in [0.05, 0.1) is 6.10 Å². The van der Waals surface area contributed by atoms with Crippen molar-refractivity contribution in [2.24, 2.45) is 0 Å². The zero-order chi connectivity index (χ0) is 14.8. The van der Waals surface area contributed by atoms with E-state index in [0.717, 1.165) is 18.1 Å². The Balaban J connectivity index is 2.27. The lowest BCUT2D eigenvalue weighted by Gasteiger charge is -2.41. The van der Waals surface area contributed by atoms with Gasteiger partial charge >= 0.3 is 5.97 Å². The van der Waals surface area contributed by atoms with Crippen LogP contribution in [0, 0.1) is 0 Å². The van der Waals surface area contributed by atoms with Crippen molar-refractivity contribution in [2.45, 2.75) is 69.9 Å². The highest BCUT2D eigenvalue weighted by molar-refractivity contribution is 6.73. The minimum Gasteiger partial charge on any atom is -0.448 e. The summed E-state index contributed by atoms with van der Waals surface area (Å²) in [4.78, 5) is 23.8. The molecule has 1 heterocycles. The Morgan fingerprint density at radius 3 is 2.45 bits per heavy atom. The lowest BCUT2D eigenvalue weighted by Crippen LogP contribution is -2.56. The second-order valence-corrected chi connectivity index (χ2v) is 10.4. The van der Waals surface area contributed by atoms with Gasteiger partial charge in [0.2, 0.25) is 5.78 Å². The van der Waals surface area contributed by atoms with Gasteiger partial charge in [-0.15, -0.1) is 0 Å². The van der Waals surface area contributed by atoms with E-state index in [4.69, 9.17) is 9.16 Å². The van der Waals surface area contributed by atoms with Crippen LogP contribution in [-0.4, -0.2) is 31.8 Å². The van der Waals surface area contributed by atoms with Gasteiger partial charge in [0.25, 0.3) is 0 Å². The molecule has 0 aromatic heterocycles. The van der Waals surface area contributed by atoms with Crippen LogP contribution in [0.5, 0.6) is 0 Å². The third-order valence-corrected chi connectivity index (χ3v) is 9.53. The van der Waals surface area contributed by atoms with Gasteiger partial charge in [0, 0.05) is 12.8 Å². The number of esters is 1. The third kappa shape index (κ3) is 2.49. The van der Waals surface area contributed by atoms with E-state index in [-0.39, 0.29) is 17.9 Å². The number of ether oxygens (including phenoxy) is 1. The first-order chi connectivity index (χ1) is 9.52. The van der Waals surface area contributed by atoms with Crippen LogP contribution < -0.4 is 0 Å². The predicted molar refractivity (Wildman–Crippen MR) is 78.9 cm³/mol. The summed E-state index contributed by atoms with van der Waals surface area (Å²) in [6.45, 7) is 6.48. The zero-order valence-electron chi connectivity index (χ0n) is 12.6. The van der Waals surface area contributed by atoms with Gasteiger partial charge < -0.3 is 9.16 Å². The Morgan fingerprint density at radius 1 is 1.30 bits per heavy atom. The van der Waals surface area contributed by atoms with E-state index in [1.54, 1.807) is 6.08 Å². The molecule has 0 amide bonds. The molecule has 0 aromatic rings. The lowest BCUT2D eigenvalue weighted by molar-refractivity contribution is -0.165. The van der Waals surface area contributed by atoms with E-state index < -0.39 is 13.9 Å². The van der Waals surface area contributed by atoms with Gasteiger partial charge in [0.15, 0.2) is 13.9 Å². The molecular formula is C15H24O4Si. The topological polar surface area (TPSA) is 52.6 Å². The summed E-state index contributed by atoms with van der Waals surface area (Å²) in [5.74, 6) is -0.384. The van der Waals surface area contributed by atoms with Gasteiger partial charge in [-0.2, -0.15) is 0 Å². The Labute approximate surface area is 121 Å². The monoisotopic (exact) mass is 296 g/mol. The Kier molecular flexibility index (Phi) is 4.49. The van der Waals surface area contributed by atoms with Crippen LogP contribution in [0.15, 0.2) is 12.2 Å². The van der Waals surface area contributed by atoms with Crippen molar-refractivity contribution >= 4 is 20.1 Å². The Bertz CT molecular complexity index is 419. The number of carbonyl (C=O) groups is 2. The molecule has 1 spiro atoms. The molecule has 1 saturated heterocycles. The minimum absolute atomic E-state index is 0.106. The number of carbonyl (C=O) groups excluding carboxylic acids is 2. The molecule has 1 fully saturated rings. The molecule has 112 valence electrons. The third-order valence-electron chi connectivity index (χ3n) is 4.88. The van der Waals surface area contributed by atoms with E-state index in [0.29, 0.717) is 19.3 Å². The standard InChI is InChI=1S/C15H24O4Si/c1-4-20(5-2,6-3)19-13-9-7-8-12(16)15(13)11-10-14(17)18-15/h7-8,13H,4-6,9-11H2,1-3H3/t13-,15-/m1/s1. The first-order valence-corrected chi connectivity index (χ1v) is 10.2. The fraction of sp³-hybridized carbons (Fsp3) is 0.733. The van der Waals surface area contributed by atoms with Crippen LogP contribution in [0.2, 0.25) is 18.1 Å². The van der Waals surface area contributed by atoms with Crippen molar-refractivity contribution in [1.82, 2.24) is 0 Å². The van der Waals surface area contributed by atoms with E-state index in [1.807, 2.05) is 6.08 Å². The smallest absolute Gasteiger partial charge is 0.307 e. The first kappa shape index (κ1) is 15.4. The summed E-state index contributed by atoms with van der Waals surface area (Å²) in [6.07, 6.45) is 4.54. The molecule has 0 N–H and O–H groups in total. The van der Waals surface area contributed by atoms with Crippen LogP contribution in [0.4, 0.5) is 0 Å². The van der Waals surface area contributed by atoms with Crippen molar-refractivity contribution < 1.29 is 18.8 Å². The van der Waals surface area contributed by atoms with Gasteiger partial charge in [-0.3, -0.25) is 9.59 Å².